The minimum Gasteiger partial charge on any atom is -0.357 e. The number of rotatable bonds is 8. The van der Waals surface area contributed by atoms with Gasteiger partial charge in [0.15, 0.2) is 15.8 Å². The first-order valence-corrected chi connectivity index (χ1v) is 10.00. The van der Waals surface area contributed by atoms with E-state index in [-0.39, 0.29) is 36.3 Å². The van der Waals surface area contributed by atoms with E-state index >= 15 is 0 Å². The van der Waals surface area contributed by atoms with Crippen LogP contribution in [0.5, 0.6) is 0 Å². The highest BCUT2D eigenvalue weighted by molar-refractivity contribution is 14.0. The van der Waals surface area contributed by atoms with Crippen LogP contribution in [0.2, 0.25) is 0 Å². The molecule has 1 aromatic carbocycles. The number of nitrogens with one attached hydrogen (secondary N) is 2. The van der Waals surface area contributed by atoms with Gasteiger partial charge >= 0.3 is 0 Å². The normalized spacial score (nSPS) is 12.1. The lowest BCUT2D eigenvalue weighted by Gasteiger charge is -2.12. The molecular formula is C17H27FIN3O2S. The number of hydrogen-bond acceptors (Lipinski definition) is 3. The summed E-state index contributed by atoms with van der Waals surface area (Å²) in [6.07, 6.45) is 6.07. The van der Waals surface area contributed by atoms with E-state index in [1.165, 1.54) is 18.2 Å². The molecule has 0 aliphatic rings. The van der Waals surface area contributed by atoms with Crippen molar-refractivity contribution in [2.24, 2.45) is 4.99 Å². The maximum atomic E-state index is 13.5. The van der Waals surface area contributed by atoms with Gasteiger partial charge in [0.1, 0.15) is 5.82 Å². The number of halogens is 2. The SMILES string of the molecule is C/C=C/CCNC(=NCc1cc(F)ccc1CS(C)(=O)=O)NCC.I. The zero-order valence-electron chi connectivity index (χ0n) is 14.9. The van der Waals surface area contributed by atoms with Crippen LogP contribution in [0.25, 0.3) is 0 Å². The first-order chi connectivity index (χ1) is 11.4. The maximum Gasteiger partial charge on any atom is 0.191 e. The topological polar surface area (TPSA) is 70.6 Å². The zero-order chi connectivity index (χ0) is 18.0. The van der Waals surface area contributed by atoms with Gasteiger partial charge < -0.3 is 10.6 Å². The largest absolute Gasteiger partial charge is 0.357 e. The molecular weight excluding hydrogens is 456 g/mol. The van der Waals surface area contributed by atoms with Gasteiger partial charge in [-0.25, -0.2) is 17.8 Å². The molecule has 0 atom stereocenters. The molecule has 0 saturated heterocycles. The summed E-state index contributed by atoms with van der Waals surface area (Å²) in [6, 6.07) is 4.12. The van der Waals surface area contributed by atoms with Crippen molar-refractivity contribution in [3.05, 3.63) is 47.3 Å². The summed E-state index contributed by atoms with van der Waals surface area (Å²) in [5.41, 5.74) is 1.15. The van der Waals surface area contributed by atoms with E-state index in [2.05, 4.69) is 15.6 Å². The van der Waals surface area contributed by atoms with Gasteiger partial charge in [-0.05, 0) is 43.5 Å². The van der Waals surface area contributed by atoms with Crippen LogP contribution in [0.3, 0.4) is 0 Å². The van der Waals surface area contributed by atoms with E-state index in [1.54, 1.807) is 0 Å². The second kappa shape index (κ2) is 12.2. The fourth-order valence-electron chi connectivity index (χ4n) is 2.11. The number of nitrogens with zero attached hydrogens (tertiary/aromatic N) is 1. The van der Waals surface area contributed by atoms with Gasteiger partial charge in [-0.1, -0.05) is 18.2 Å². The molecule has 0 heterocycles. The summed E-state index contributed by atoms with van der Waals surface area (Å²) in [4.78, 5) is 4.42. The van der Waals surface area contributed by atoms with Crippen molar-refractivity contribution in [2.75, 3.05) is 19.3 Å². The lowest BCUT2D eigenvalue weighted by atomic mass is 10.1. The highest BCUT2D eigenvalue weighted by Crippen LogP contribution is 2.15. The van der Waals surface area contributed by atoms with E-state index in [0.717, 1.165) is 19.2 Å². The Labute approximate surface area is 167 Å². The third-order valence-corrected chi connectivity index (χ3v) is 4.01. The third-order valence-electron chi connectivity index (χ3n) is 3.18. The van der Waals surface area contributed by atoms with E-state index in [1.807, 2.05) is 26.0 Å². The lowest BCUT2D eigenvalue weighted by Crippen LogP contribution is -2.37. The molecule has 0 aromatic heterocycles. The first-order valence-electron chi connectivity index (χ1n) is 7.94. The second-order valence-electron chi connectivity index (χ2n) is 5.46. The Morgan fingerprint density at radius 3 is 2.60 bits per heavy atom. The molecule has 0 radical (unpaired) electrons. The quantitative estimate of drug-likeness (QED) is 0.196. The van der Waals surface area contributed by atoms with Gasteiger partial charge in [0, 0.05) is 19.3 Å². The molecule has 1 aromatic rings. The van der Waals surface area contributed by atoms with Crippen LogP contribution in [-0.4, -0.2) is 33.7 Å². The highest BCUT2D eigenvalue weighted by atomic mass is 127. The van der Waals surface area contributed by atoms with Gasteiger partial charge in [-0.15, -0.1) is 24.0 Å². The standard InChI is InChI=1S/C17H26FN3O2S.HI/c1-4-6-7-10-20-17(19-5-2)21-12-15-11-16(18)9-8-14(15)13-24(3,22)23;/h4,6,8-9,11H,5,7,10,12-13H2,1-3H3,(H2,19,20,21);1H/b6-4+;. The van der Waals surface area contributed by atoms with Crippen LogP contribution < -0.4 is 10.6 Å². The summed E-state index contributed by atoms with van der Waals surface area (Å²) in [5, 5.41) is 6.30. The Bertz CT molecular complexity index is 691. The van der Waals surface area contributed by atoms with E-state index in [9.17, 15) is 12.8 Å². The van der Waals surface area contributed by atoms with Crippen molar-refractivity contribution in [3.63, 3.8) is 0 Å². The highest BCUT2D eigenvalue weighted by Gasteiger charge is 2.10. The minimum absolute atomic E-state index is 0. The molecule has 0 aliphatic heterocycles. The second-order valence-corrected chi connectivity index (χ2v) is 7.60. The number of aliphatic imine (C=N–C) groups is 1. The molecule has 5 nitrogen and oxygen atoms in total. The van der Waals surface area contributed by atoms with Gasteiger partial charge in [0.25, 0.3) is 0 Å². The van der Waals surface area contributed by atoms with Gasteiger partial charge in [0.05, 0.1) is 12.3 Å². The molecule has 8 heteroatoms. The number of benzene rings is 1. The van der Waals surface area contributed by atoms with E-state index in [0.29, 0.717) is 23.6 Å². The van der Waals surface area contributed by atoms with Crippen LogP contribution in [-0.2, 0) is 22.1 Å². The van der Waals surface area contributed by atoms with Crippen molar-refractivity contribution >= 4 is 39.8 Å². The van der Waals surface area contributed by atoms with Crippen molar-refractivity contribution in [3.8, 4) is 0 Å². The molecule has 0 fully saturated rings. The summed E-state index contributed by atoms with van der Waals surface area (Å²) < 4.78 is 36.5. The number of allylic oxidation sites excluding steroid dienone is 1. The Morgan fingerprint density at radius 1 is 1.28 bits per heavy atom. The fraction of sp³-hybridized carbons (Fsp3) is 0.471. The smallest absolute Gasteiger partial charge is 0.191 e. The minimum atomic E-state index is -3.19. The van der Waals surface area contributed by atoms with Gasteiger partial charge in [-0.3, -0.25) is 0 Å². The fourth-order valence-corrected chi connectivity index (χ4v) is 2.96. The Morgan fingerprint density at radius 2 is 2.00 bits per heavy atom. The molecule has 0 unspecified atom stereocenters. The molecule has 0 amide bonds. The monoisotopic (exact) mass is 483 g/mol. The number of guanidine groups is 1. The predicted molar refractivity (Wildman–Crippen MR) is 113 cm³/mol. The Hall–Kier alpha value is -1.16. The molecule has 0 aliphatic carbocycles. The Balaban J connectivity index is 0.00000576. The van der Waals surface area contributed by atoms with Gasteiger partial charge in [0.2, 0.25) is 0 Å². The van der Waals surface area contributed by atoms with Crippen molar-refractivity contribution < 1.29 is 12.8 Å². The third kappa shape index (κ3) is 10.4. The molecule has 0 saturated carbocycles. The predicted octanol–water partition coefficient (Wildman–Crippen LogP) is 3.01. The average molecular weight is 483 g/mol. The average Bonchev–Trinajstić information content (AvgIpc) is 2.50. The zero-order valence-corrected chi connectivity index (χ0v) is 18.0. The molecule has 1 rings (SSSR count). The first kappa shape index (κ1) is 23.8. The van der Waals surface area contributed by atoms with Crippen LogP contribution >= 0.6 is 24.0 Å². The van der Waals surface area contributed by atoms with Gasteiger partial charge in [-0.2, -0.15) is 0 Å². The van der Waals surface area contributed by atoms with Crippen LogP contribution in [0.4, 0.5) is 4.39 Å². The molecule has 25 heavy (non-hydrogen) atoms. The lowest BCUT2D eigenvalue weighted by molar-refractivity contribution is 0.600. The summed E-state index contributed by atoms with van der Waals surface area (Å²) in [6.45, 7) is 5.57. The molecule has 0 bridgehead atoms. The summed E-state index contributed by atoms with van der Waals surface area (Å²) in [5.74, 6) is 0.101. The summed E-state index contributed by atoms with van der Waals surface area (Å²) >= 11 is 0. The number of sulfone groups is 1. The number of hydrogen-bond donors (Lipinski definition) is 2. The summed E-state index contributed by atoms with van der Waals surface area (Å²) in [7, 11) is -3.19. The van der Waals surface area contributed by atoms with Crippen LogP contribution in [0, 0.1) is 5.82 Å². The van der Waals surface area contributed by atoms with Crippen molar-refractivity contribution in [1.82, 2.24) is 10.6 Å². The van der Waals surface area contributed by atoms with Crippen molar-refractivity contribution in [2.45, 2.75) is 32.6 Å². The van der Waals surface area contributed by atoms with Crippen molar-refractivity contribution in [1.29, 1.82) is 0 Å². The molecule has 142 valence electrons. The molecule has 0 spiro atoms. The van der Waals surface area contributed by atoms with E-state index < -0.39 is 15.7 Å². The van der Waals surface area contributed by atoms with E-state index in [4.69, 9.17) is 0 Å². The Kier molecular flexibility index (Phi) is 11.7. The van der Waals surface area contributed by atoms with Crippen LogP contribution in [0.1, 0.15) is 31.4 Å². The maximum absolute atomic E-state index is 13.5. The van der Waals surface area contributed by atoms with Crippen LogP contribution in [0.15, 0.2) is 35.3 Å². The molecule has 2 N–H and O–H groups in total.